The molecule has 6 rings (SSSR count). The summed E-state index contributed by atoms with van der Waals surface area (Å²) < 4.78 is 41.4. The van der Waals surface area contributed by atoms with E-state index >= 15 is 0 Å². The monoisotopic (exact) mass is 648 g/mol. The van der Waals surface area contributed by atoms with Gasteiger partial charge >= 0.3 is 11.9 Å². The summed E-state index contributed by atoms with van der Waals surface area (Å²) in [5, 5.41) is 1.25. The van der Waals surface area contributed by atoms with Crippen molar-refractivity contribution in [3.63, 3.8) is 0 Å². The molecule has 2 fully saturated rings. The third-order valence-electron chi connectivity index (χ3n) is 10.4. The van der Waals surface area contributed by atoms with E-state index in [-0.39, 0.29) is 23.8 Å². The van der Waals surface area contributed by atoms with Gasteiger partial charge in [0.25, 0.3) is 0 Å². The highest BCUT2D eigenvalue weighted by atomic mass is 16.6. The van der Waals surface area contributed by atoms with Gasteiger partial charge in [0.05, 0.1) is 53.0 Å². The Morgan fingerprint density at radius 1 is 0.915 bits per heavy atom. The molecule has 3 aromatic rings. The maximum Gasteiger partial charge on any atom is 0.331 e. The SMILES string of the molecule is COC(=O)[C@H]1[C@H]2C[C@@H]3c4c(c5ccc(OC)cc5n4C)CCN3C[C@H]2C[C@@H](OC(=O)/C=C/c2cc(OC)c(OC)c(OC)c2)[C@@H]1OC. The molecule has 252 valence electrons. The largest absolute Gasteiger partial charge is 0.497 e. The number of ether oxygens (including phenoxy) is 7. The highest BCUT2D eigenvalue weighted by Crippen LogP contribution is 2.51. The van der Waals surface area contributed by atoms with Crippen molar-refractivity contribution >= 4 is 28.9 Å². The lowest BCUT2D eigenvalue weighted by molar-refractivity contribution is -0.187. The van der Waals surface area contributed by atoms with Gasteiger partial charge in [0, 0.05) is 50.5 Å². The first-order valence-electron chi connectivity index (χ1n) is 15.9. The molecule has 6 atom stereocenters. The minimum Gasteiger partial charge on any atom is -0.497 e. The Hall–Kier alpha value is -4.22. The zero-order valence-electron chi connectivity index (χ0n) is 28.1. The molecule has 0 radical (unpaired) electrons. The normalized spacial score (nSPS) is 25.4. The molecule has 11 nitrogen and oxygen atoms in total. The van der Waals surface area contributed by atoms with Crippen LogP contribution in [0.5, 0.6) is 23.0 Å². The Morgan fingerprint density at radius 3 is 2.30 bits per heavy atom. The van der Waals surface area contributed by atoms with Crippen LogP contribution in [0, 0.1) is 17.8 Å². The number of piperidine rings is 1. The van der Waals surface area contributed by atoms with Gasteiger partial charge in [-0.2, -0.15) is 0 Å². The number of hydrogen-bond acceptors (Lipinski definition) is 10. The summed E-state index contributed by atoms with van der Waals surface area (Å²) >= 11 is 0. The second kappa shape index (κ2) is 13.5. The van der Waals surface area contributed by atoms with E-state index in [1.54, 1.807) is 32.4 Å². The maximum atomic E-state index is 13.5. The number of esters is 2. The first-order chi connectivity index (χ1) is 22.8. The summed E-state index contributed by atoms with van der Waals surface area (Å²) in [6.45, 7) is 1.71. The Bertz CT molecular complexity index is 1660. The summed E-state index contributed by atoms with van der Waals surface area (Å²) in [4.78, 5) is 29.2. The van der Waals surface area contributed by atoms with Crippen molar-refractivity contribution in [1.29, 1.82) is 0 Å². The van der Waals surface area contributed by atoms with Gasteiger partial charge in [0.1, 0.15) is 18.0 Å². The Kier molecular flexibility index (Phi) is 9.39. The summed E-state index contributed by atoms with van der Waals surface area (Å²) in [6, 6.07) is 9.91. The van der Waals surface area contributed by atoms with E-state index < -0.39 is 24.1 Å². The van der Waals surface area contributed by atoms with Gasteiger partial charge in [0.15, 0.2) is 11.5 Å². The molecule has 11 heteroatoms. The van der Waals surface area contributed by atoms with Crippen LogP contribution in [-0.2, 0) is 37.3 Å². The molecule has 0 bridgehead atoms. The zero-order valence-corrected chi connectivity index (χ0v) is 28.1. The lowest BCUT2D eigenvalue weighted by atomic mass is 9.63. The lowest BCUT2D eigenvalue weighted by Crippen LogP contribution is -2.58. The van der Waals surface area contributed by atoms with Gasteiger partial charge in [-0.15, -0.1) is 0 Å². The number of aryl methyl sites for hydroxylation is 1. The first-order valence-corrected chi connectivity index (χ1v) is 15.9. The molecular weight excluding hydrogens is 604 g/mol. The third kappa shape index (κ3) is 5.80. The van der Waals surface area contributed by atoms with Crippen LogP contribution in [0.3, 0.4) is 0 Å². The van der Waals surface area contributed by atoms with E-state index in [9.17, 15) is 9.59 Å². The van der Waals surface area contributed by atoms with E-state index in [4.69, 9.17) is 33.2 Å². The van der Waals surface area contributed by atoms with Gasteiger partial charge in [-0.3, -0.25) is 9.69 Å². The van der Waals surface area contributed by atoms with Crippen molar-refractivity contribution in [3.8, 4) is 23.0 Å². The average molecular weight is 649 g/mol. The quantitative estimate of drug-likeness (QED) is 0.242. The van der Waals surface area contributed by atoms with Crippen LogP contribution < -0.4 is 18.9 Å². The van der Waals surface area contributed by atoms with Gasteiger partial charge in [-0.05, 0) is 72.6 Å². The number of rotatable bonds is 9. The number of fused-ring (bicyclic) bond motifs is 6. The summed E-state index contributed by atoms with van der Waals surface area (Å²) in [5.41, 5.74) is 4.48. The van der Waals surface area contributed by atoms with Crippen molar-refractivity contribution < 1.29 is 42.7 Å². The molecule has 3 aliphatic rings. The van der Waals surface area contributed by atoms with Crippen LogP contribution in [0.4, 0.5) is 0 Å². The van der Waals surface area contributed by atoms with Gasteiger partial charge < -0.3 is 37.7 Å². The van der Waals surface area contributed by atoms with E-state index in [1.807, 2.05) is 6.07 Å². The molecule has 0 unspecified atom stereocenters. The second-order valence-corrected chi connectivity index (χ2v) is 12.5. The van der Waals surface area contributed by atoms with Crippen LogP contribution in [0.2, 0.25) is 0 Å². The number of nitrogens with zero attached hydrogens (tertiary/aromatic N) is 2. The van der Waals surface area contributed by atoms with Crippen molar-refractivity contribution in [1.82, 2.24) is 9.47 Å². The highest BCUT2D eigenvalue weighted by Gasteiger charge is 2.54. The molecule has 1 aromatic heterocycles. The van der Waals surface area contributed by atoms with Crippen molar-refractivity contribution in [2.24, 2.45) is 24.8 Å². The Labute approximate surface area is 275 Å². The number of hydrogen-bond donors (Lipinski definition) is 0. The van der Waals surface area contributed by atoms with Crippen LogP contribution >= 0.6 is 0 Å². The van der Waals surface area contributed by atoms with Crippen molar-refractivity contribution in [2.75, 3.05) is 55.7 Å². The molecular formula is C36H44N2O9. The standard InChI is InChI=1S/C36H44N2O9/c1-37-26-17-22(41-2)9-10-23(26)24-12-13-38-19-21-16-30(35(45-6)32(36(40)46-7)25(21)18-27(38)33(24)37)47-31(39)11-8-20-14-28(42-3)34(44-5)29(15-20)43-4/h8-11,14-15,17,21,25,27,30,32,35H,12-13,16,18-19H2,1-7H3/b11-8+/t21-,25+,27-,30-,32+,35+/m1/s1. The Morgan fingerprint density at radius 2 is 1.66 bits per heavy atom. The molecule has 3 heterocycles. The topological polar surface area (TPSA) is 107 Å². The zero-order chi connectivity index (χ0) is 33.4. The molecule has 2 aliphatic heterocycles. The fraction of sp³-hybridized carbons (Fsp3) is 0.500. The number of carbonyl (C=O) groups excluding carboxylic acids is 2. The molecule has 0 spiro atoms. The van der Waals surface area contributed by atoms with Crippen LogP contribution in [0.25, 0.3) is 17.0 Å². The van der Waals surface area contributed by atoms with Crippen LogP contribution in [0.1, 0.15) is 35.7 Å². The fourth-order valence-corrected chi connectivity index (χ4v) is 8.28. The minimum atomic E-state index is -0.645. The second-order valence-electron chi connectivity index (χ2n) is 12.5. The minimum absolute atomic E-state index is 0.00290. The van der Waals surface area contributed by atoms with Gasteiger partial charge in [-0.1, -0.05) is 0 Å². The molecule has 1 saturated carbocycles. The van der Waals surface area contributed by atoms with Crippen molar-refractivity contribution in [2.45, 2.75) is 37.5 Å². The Balaban J connectivity index is 1.25. The summed E-state index contributed by atoms with van der Waals surface area (Å²) in [5.74, 6) is 0.903. The fourth-order valence-electron chi connectivity index (χ4n) is 8.28. The molecule has 1 aliphatic carbocycles. The predicted octanol–water partition coefficient (Wildman–Crippen LogP) is 4.58. The van der Waals surface area contributed by atoms with E-state index in [0.717, 1.165) is 37.2 Å². The van der Waals surface area contributed by atoms with Crippen LogP contribution in [-0.4, -0.2) is 89.4 Å². The number of benzene rings is 2. The molecule has 0 amide bonds. The highest BCUT2D eigenvalue weighted by molar-refractivity contribution is 5.88. The molecule has 47 heavy (non-hydrogen) atoms. The van der Waals surface area contributed by atoms with E-state index in [1.165, 1.54) is 51.2 Å². The van der Waals surface area contributed by atoms with Crippen molar-refractivity contribution in [3.05, 3.63) is 53.2 Å². The number of carbonyl (C=O) groups is 2. The third-order valence-corrected chi connectivity index (χ3v) is 10.4. The molecule has 2 aromatic carbocycles. The molecule has 0 N–H and O–H groups in total. The van der Waals surface area contributed by atoms with Crippen LogP contribution in [0.15, 0.2) is 36.4 Å². The predicted molar refractivity (Wildman–Crippen MR) is 175 cm³/mol. The smallest absolute Gasteiger partial charge is 0.331 e. The van der Waals surface area contributed by atoms with Gasteiger partial charge in [-0.25, -0.2) is 4.79 Å². The number of methoxy groups -OCH3 is 6. The van der Waals surface area contributed by atoms with E-state index in [0.29, 0.717) is 29.2 Å². The summed E-state index contributed by atoms with van der Waals surface area (Å²) in [7, 11) is 11.4. The molecule has 1 saturated heterocycles. The summed E-state index contributed by atoms with van der Waals surface area (Å²) in [6.07, 6.45) is 4.04. The first kappa shape index (κ1) is 32.7. The van der Waals surface area contributed by atoms with Gasteiger partial charge in [0.2, 0.25) is 5.75 Å². The lowest BCUT2D eigenvalue weighted by Gasteiger charge is -2.53. The number of aromatic nitrogens is 1. The van der Waals surface area contributed by atoms with E-state index in [2.05, 4.69) is 28.6 Å². The average Bonchev–Trinajstić information content (AvgIpc) is 3.39. The maximum absolute atomic E-state index is 13.5.